The van der Waals surface area contributed by atoms with Gasteiger partial charge in [0.05, 0.1) is 37.1 Å². The zero-order chi connectivity index (χ0) is 48.8. The van der Waals surface area contributed by atoms with Gasteiger partial charge in [-0.05, 0) is 100 Å². The number of ether oxygens (including phenoxy) is 6. The third-order valence-corrected chi connectivity index (χ3v) is 18.5. The molecule has 18 heteroatoms. The normalized spacial score (nSPS) is 50.5. The molecule has 380 valence electrons. The molecule has 0 bridgehead atoms. The highest BCUT2D eigenvalue weighted by atomic mass is 16.8. The molecule has 0 aromatic carbocycles. The SMILES string of the molecule is CC(CCC(O)C(C)(C)OC1OC(CO)C(O)C(O)C1OC1OC(C)C(O)C(O)C1O)C1CCC2(C)C3CC=C4C(CCC(OC5OC(CO)C(O)C(O)C5O)C4(C)C)C3(C)C(=O)CC12C. The number of fused-ring (bicyclic) bond motifs is 5. The van der Waals surface area contributed by atoms with Gasteiger partial charge in [-0.25, -0.2) is 0 Å². The Morgan fingerprint density at radius 1 is 0.727 bits per heavy atom. The van der Waals surface area contributed by atoms with E-state index >= 15 is 0 Å². The van der Waals surface area contributed by atoms with Crippen molar-refractivity contribution >= 4 is 5.78 Å². The van der Waals surface area contributed by atoms with Gasteiger partial charge in [0.1, 0.15) is 72.9 Å². The van der Waals surface area contributed by atoms with E-state index in [0.717, 1.165) is 18.4 Å². The molecule has 0 amide bonds. The van der Waals surface area contributed by atoms with Crippen molar-refractivity contribution in [2.45, 2.75) is 224 Å². The van der Waals surface area contributed by atoms with Crippen LogP contribution in [0.3, 0.4) is 0 Å². The van der Waals surface area contributed by atoms with Crippen molar-refractivity contribution in [3.8, 4) is 0 Å². The first-order chi connectivity index (χ1) is 30.7. The lowest BCUT2D eigenvalue weighted by molar-refractivity contribution is -0.378. The number of aliphatic hydroxyl groups excluding tert-OH is 11. The monoisotopic (exact) mass is 945 g/mol. The summed E-state index contributed by atoms with van der Waals surface area (Å²) in [6.45, 7) is 16.7. The van der Waals surface area contributed by atoms with E-state index in [-0.39, 0.29) is 40.3 Å². The number of hydrogen-bond acceptors (Lipinski definition) is 18. The molecule has 3 saturated carbocycles. The maximum atomic E-state index is 15.0. The van der Waals surface area contributed by atoms with E-state index in [2.05, 4.69) is 47.6 Å². The summed E-state index contributed by atoms with van der Waals surface area (Å²) in [5, 5.41) is 116. The molecule has 18 nitrogen and oxygen atoms in total. The summed E-state index contributed by atoms with van der Waals surface area (Å²) in [6.07, 6.45) is -15.7. The molecule has 0 spiro atoms. The first-order valence-corrected chi connectivity index (χ1v) is 24.2. The molecule has 11 N–H and O–H groups in total. The van der Waals surface area contributed by atoms with E-state index in [1.165, 1.54) is 6.92 Å². The van der Waals surface area contributed by atoms with Crippen molar-refractivity contribution in [2.75, 3.05) is 13.2 Å². The summed E-state index contributed by atoms with van der Waals surface area (Å²) >= 11 is 0. The maximum absolute atomic E-state index is 15.0. The Labute approximate surface area is 388 Å². The molecule has 24 unspecified atom stereocenters. The average Bonchev–Trinajstić information content (AvgIpc) is 3.53. The van der Waals surface area contributed by atoms with Gasteiger partial charge >= 0.3 is 0 Å². The molecule has 3 heterocycles. The first kappa shape index (κ1) is 52.6. The zero-order valence-corrected chi connectivity index (χ0v) is 40.0. The fourth-order valence-electron chi connectivity index (χ4n) is 13.9. The molecule has 7 aliphatic rings. The average molecular weight is 945 g/mol. The van der Waals surface area contributed by atoms with Gasteiger partial charge in [0.2, 0.25) is 0 Å². The quantitative estimate of drug-likeness (QED) is 0.110. The molecule has 3 aliphatic heterocycles. The van der Waals surface area contributed by atoms with E-state index in [4.69, 9.17) is 28.4 Å². The van der Waals surface area contributed by atoms with Crippen molar-refractivity contribution in [1.82, 2.24) is 0 Å². The van der Waals surface area contributed by atoms with Crippen LogP contribution in [0.1, 0.15) is 114 Å². The highest BCUT2D eigenvalue weighted by molar-refractivity contribution is 5.88. The number of Topliss-reactive ketones (excluding diaryl/α,β-unsaturated/α-hetero) is 1. The van der Waals surface area contributed by atoms with Crippen LogP contribution in [0, 0.1) is 45.3 Å². The summed E-state index contributed by atoms with van der Waals surface area (Å²) in [5.41, 5.74) is -1.86. The highest BCUT2D eigenvalue weighted by Crippen LogP contribution is 2.74. The molecule has 3 saturated heterocycles. The van der Waals surface area contributed by atoms with Gasteiger partial charge < -0.3 is 84.6 Å². The summed E-state index contributed by atoms with van der Waals surface area (Å²) in [4.78, 5) is 15.0. The lowest BCUT2D eigenvalue weighted by Gasteiger charge is -2.65. The van der Waals surface area contributed by atoms with Gasteiger partial charge in [-0.15, -0.1) is 0 Å². The lowest BCUT2D eigenvalue weighted by Crippen LogP contribution is -2.65. The second-order valence-electron chi connectivity index (χ2n) is 22.8. The van der Waals surface area contributed by atoms with Gasteiger partial charge in [0.15, 0.2) is 18.9 Å². The Morgan fingerprint density at radius 3 is 1.92 bits per heavy atom. The van der Waals surface area contributed by atoms with Crippen LogP contribution in [0.4, 0.5) is 0 Å². The molecule has 7 rings (SSSR count). The van der Waals surface area contributed by atoms with Gasteiger partial charge in [-0.3, -0.25) is 4.79 Å². The minimum Gasteiger partial charge on any atom is -0.394 e. The van der Waals surface area contributed by atoms with Crippen LogP contribution in [-0.2, 0) is 33.2 Å². The van der Waals surface area contributed by atoms with Crippen molar-refractivity contribution in [1.29, 1.82) is 0 Å². The Morgan fingerprint density at radius 2 is 1.30 bits per heavy atom. The zero-order valence-electron chi connectivity index (χ0n) is 40.0. The van der Waals surface area contributed by atoms with Crippen molar-refractivity contribution in [2.24, 2.45) is 45.3 Å². The third kappa shape index (κ3) is 8.60. The van der Waals surface area contributed by atoms with Crippen LogP contribution in [0.15, 0.2) is 11.6 Å². The standard InChI is InChI=1S/C48H80O18/c1-21(10-14-29(51)45(5,6)66-43-40(37(58)34(55)27(20-50)63-43)65-41-38(59)35(56)32(53)22(2)61-41)23-16-17-46(7)28-13-11-24-25(48(28,9)30(52)18-47(23,46)8)12-15-31(44(24,3)4)64-42-39(60)36(57)33(54)26(19-49)62-42/h11,21-23,25-29,31-43,49-51,53-60H,10,12-20H2,1-9H3. The largest absolute Gasteiger partial charge is 0.394 e. The minimum atomic E-state index is -1.72. The summed E-state index contributed by atoms with van der Waals surface area (Å²) in [5.74, 6) is 0.593. The fraction of sp³-hybridized carbons (Fsp3) is 0.938. The molecule has 24 atom stereocenters. The molecule has 66 heavy (non-hydrogen) atoms. The van der Waals surface area contributed by atoms with Crippen LogP contribution in [0.5, 0.6) is 0 Å². The van der Waals surface area contributed by atoms with Crippen molar-refractivity contribution in [3.63, 3.8) is 0 Å². The lowest BCUT2D eigenvalue weighted by atomic mass is 9.38. The molecule has 6 fully saturated rings. The number of carbonyl (C=O) groups excluding carboxylic acids is 1. The van der Waals surface area contributed by atoms with Gasteiger partial charge in [-0.2, -0.15) is 0 Å². The third-order valence-electron chi connectivity index (χ3n) is 18.5. The predicted molar refractivity (Wildman–Crippen MR) is 233 cm³/mol. The topological polar surface area (TPSA) is 295 Å². The van der Waals surface area contributed by atoms with Crippen LogP contribution in [0.25, 0.3) is 0 Å². The first-order valence-electron chi connectivity index (χ1n) is 24.2. The second kappa shape index (κ2) is 19.1. The molecule has 0 aromatic heterocycles. The smallest absolute Gasteiger partial charge is 0.187 e. The van der Waals surface area contributed by atoms with E-state index in [9.17, 15) is 61.0 Å². The van der Waals surface area contributed by atoms with Crippen LogP contribution in [0.2, 0.25) is 0 Å². The van der Waals surface area contributed by atoms with Crippen LogP contribution in [-0.4, -0.2) is 185 Å². The molecule has 0 aromatic rings. The highest BCUT2D eigenvalue weighted by Gasteiger charge is 2.70. The van der Waals surface area contributed by atoms with Crippen molar-refractivity contribution in [3.05, 3.63) is 11.6 Å². The minimum absolute atomic E-state index is 0.0258. The van der Waals surface area contributed by atoms with E-state index < -0.39 is 134 Å². The van der Waals surface area contributed by atoms with Crippen molar-refractivity contribution < 1.29 is 89.4 Å². The van der Waals surface area contributed by atoms with Gasteiger partial charge in [0.25, 0.3) is 0 Å². The van der Waals surface area contributed by atoms with Gasteiger partial charge in [0, 0.05) is 17.3 Å². The number of hydrogen-bond donors (Lipinski definition) is 11. The Bertz CT molecular complexity index is 1740. The van der Waals surface area contributed by atoms with Crippen LogP contribution >= 0.6 is 0 Å². The summed E-state index contributed by atoms with van der Waals surface area (Å²) in [6, 6.07) is 0. The number of carbonyl (C=O) groups is 1. The molecular weight excluding hydrogens is 865 g/mol. The number of rotatable bonds is 13. The van der Waals surface area contributed by atoms with Gasteiger partial charge in [-0.1, -0.05) is 53.2 Å². The van der Waals surface area contributed by atoms with E-state index in [1.54, 1.807) is 13.8 Å². The fourth-order valence-corrected chi connectivity index (χ4v) is 13.9. The predicted octanol–water partition coefficient (Wildman–Crippen LogP) is 0.180. The molecule has 0 radical (unpaired) electrons. The second-order valence-corrected chi connectivity index (χ2v) is 22.8. The maximum Gasteiger partial charge on any atom is 0.187 e. The summed E-state index contributed by atoms with van der Waals surface area (Å²) in [7, 11) is 0. The van der Waals surface area contributed by atoms with E-state index in [1.807, 2.05) is 0 Å². The number of allylic oxidation sites excluding steroid dienone is 1. The Kier molecular flexibility index (Phi) is 15.2. The summed E-state index contributed by atoms with van der Waals surface area (Å²) < 4.78 is 35.8. The van der Waals surface area contributed by atoms with E-state index in [0.29, 0.717) is 38.5 Å². The molecule has 4 aliphatic carbocycles. The number of aliphatic hydroxyl groups is 11. The molecular formula is C48H80O18. The van der Waals surface area contributed by atoms with Crippen LogP contribution < -0.4 is 0 Å². The number of ketones is 1. The Hall–Kier alpha value is -1.27. The Balaban J connectivity index is 1.02.